The van der Waals surface area contributed by atoms with Crippen molar-refractivity contribution in [3.8, 4) is 33.9 Å². The lowest BCUT2D eigenvalue weighted by Crippen LogP contribution is -2.23. The van der Waals surface area contributed by atoms with Crippen molar-refractivity contribution in [2.75, 3.05) is 20.8 Å². The van der Waals surface area contributed by atoms with Crippen molar-refractivity contribution in [3.63, 3.8) is 0 Å². The molecule has 0 unspecified atom stereocenters. The zero-order valence-corrected chi connectivity index (χ0v) is 18.2. The normalized spacial score (nSPS) is 10.7. The fourth-order valence-corrected chi connectivity index (χ4v) is 3.77. The van der Waals surface area contributed by atoms with Gasteiger partial charge in [-0.05, 0) is 40.8 Å². The number of methoxy groups -OCH3 is 2. The summed E-state index contributed by atoms with van der Waals surface area (Å²) in [5, 5.41) is 1.99. The molecule has 0 saturated heterocycles. The van der Waals surface area contributed by atoms with Crippen molar-refractivity contribution in [1.82, 2.24) is 4.98 Å². The smallest absolute Gasteiger partial charge is 0.185 e. The minimum absolute atomic E-state index is 0.0697. The molecule has 162 valence electrons. The van der Waals surface area contributed by atoms with Crippen LogP contribution in [0.1, 0.15) is 5.69 Å². The molecule has 32 heavy (non-hydrogen) atoms. The number of guanidine groups is 1. The number of hydrogen-bond acceptors (Lipinski definition) is 4. The molecular formula is C26H26N4O2. The maximum Gasteiger partial charge on any atom is 0.185 e. The number of fused-ring (bicyclic) bond motifs is 1. The van der Waals surface area contributed by atoms with Gasteiger partial charge in [0.1, 0.15) is 0 Å². The van der Waals surface area contributed by atoms with E-state index < -0.39 is 0 Å². The van der Waals surface area contributed by atoms with Gasteiger partial charge >= 0.3 is 0 Å². The second-order valence-corrected chi connectivity index (χ2v) is 7.39. The van der Waals surface area contributed by atoms with E-state index in [2.05, 4.69) is 47.5 Å². The molecule has 0 aliphatic heterocycles. The third-order valence-corrected chi connectivity index (χ3v) is 5.32. The molecule has 0 aliphatic carbocycles. The molecule has 0 aliphatic rings. The van der Waals surface area contributed by atoms with E-state index in [4.69, 9.17) is 25.9 Å². The highest BCUT2D eigenvalue weighted by molar-refractivity contribution is 5.91. The van der Waals surface area contributed by atoms with Gasteiger partial charge in [0.05, 0.1) is 25.6 Å². The Hall–Kier alpha value is -4.06. The molecule has 0 bridgehead atoms. The first kappa shape index (κ1) is 21.2. The summed E-state index contributed by atoms with van der Waals surface area (Å²) in [6, 6.07) is 24.7. The summed E-state index contributed by atoms with van der Waals surface area (Å²) in [5.74, 6) is 1.40. The number of nitrogens with two attached hydrogens (primary N) is 2. The summed E-state index contributed by atoms with van der Waals surface area (Å²) >= 11 is 0. The highest BCUT2D eigenvalue weighted by Gasteiger charge is 2.13. The molecule has 1 heterocycles. The van der Waals surface area contributed by atoms with Gasteiger partial charge in [0.2, 0.25) is 0 Å². The maximum absolute atomic E-state index is 5.52. The van der Waals surface area contributed by atoms with Crippen LogP contribution in [0.25, 0.3) is 33.2 Å². The average molecular weight is 427 g/mol. The Morgan fingerprint density at radius 3 is 2.22 bits per heavy atom. The molecule has 6 nitrogen and oxygen atoms in total. The van der Waals surface area contributed by atoms with Crippen molar-refractivity contribution in [2.24, 2.45) is 16.5 Å². The van der Waals surface area contributed by atoms with Crippen molar-refractivity contribution >= 4 is 16.7 Å². The highest BCUT2D eigenvalue weighted by Crippen LogP contribution is 2.36. The molecule has 3 aromatic carbocycles. The van der Waals surface area contributed by atoms with Crippen LogP contribution in [-0.2, 0) is 6.42 Å². The number of hydrogen-bond donors (Lipinski definition) is 2. The van der Waals surface area contributed by atoms with Gasteiger partial charge in [0.15, 0.2) is 17.5 Å². The zero-order chi connectivity index (χ0) is 22.5. The molecule has 1 aromatic heterocycles. The van der Waals surface area contributed by atoms with Crippen molar-refractivity contribution in [3.05, 3.63) is 78.5 Å². The Morgan fingerprint density at radius 1 is 0.812 bits per heavy atom. The van der Waals surface area contributed by atoms with Gasteiger partial charge in [-0.2, -0.15) is 0 Å². The minimum Gasteiger partial charge on any atom is -0.493 e. The van der Waals surface area contributed by atoms with Crippen LogP contribution in [0.5, 0.6) is 11.5 Å². The van der Waals surface area contributed by atoms with Crippen LogP contribution >= 0.6 is 0 Å². The Bertz CT molecular complexity index is 1270. The number of nitrogens with zero attached hydrogens (tertiary/aromatic N) is 2. The fraction of sp³-hybridized carbons (Fsp3) is 0.154. The molecule has 0 amide bonds. The van der Waals surface area contributed by atoms with Crippen molar-refractivity contribution in [2.45, 2.75) is 6.42 Å². The van der Waals surface area contributed by atoms with Crippen LogP contribution in [0, 0.1) is 0 Å². The van der Waals surface area contributed by atoms with Crippen molar-refractivity contribution in [1.29, 1.82) is 0 Å². The van der Waals surface area contributed by atoms with E-state index in [0.29, 0.717) is 24.5 Å². The standard InChI is InChI=1S/C26H26N4O2/c1-31-24-15-20-14-23(19-10-6-9-18(13-19)17-7-4-3-5-8-17)30-22(11-12-29-26(27)28)21(20)16-25(24)32-2/h3-10,13-16H,11-12H2,1-2H3,(H4,27,28,29). The second kappa shape index (κ2) is 9.39. The summed E-state index contributed by atoms with van der Waals surface area (Å²) in [6.45, 7) is 0.451. The number of aromatic nitrogens is 1. The van der Waals surface area contributed by atoms with E-state index in [-0.39, 0.29) is 5.96 Å². The minimum atomic E-state index is 0.0697. The third kappa shape index (κ3) is 4.49. The first-order valence-corrected chi connectivity index (χ1v) is 10.4. The number of ether oxygens (including phenoxy) is 2. The first-order chi connectivity index (χ1) is 15.6. The van der Waals surface area contributed by atoms with Crippen LogP contribution in [0.4, 0.5) is 0 Å². The summed E-state index contributed by atoms with van der Waals surface area (Å²) in [4.78, 5) is 9.12. The largest absolute Gasteiger partial charge is 0.493 e. The van der Waals surface area contributed by atoms with Gasteiger partial charge in [-0.1, -0.05) is 48.5 Å². The van der Waals surface area contributed by atoms with E-state index in [1.165, 1.54) is 0 Å². The SMILES string of the molecule is COc1cc2cc(-c3cccc(-c4ccccc4)c3)nc(CCN=C(N)N)c2cc1OC. The molecule has 0 atom stereocenters. The predicted octanol–water partition coefficient (Wildman–Crippen LogP) is 4.40. The number of pyridine rings is 1. The second-order valence-electron chi connectivity index (χ2n) is 7.39. The van der Waals surface area contributed by atoms with Crippen LogP contribution < -0.4 is 20.9 Å². The van der Waals surface area contributed by atoms with Crippen LogP contribution in [0.2, 0.25) is 0 Å². The van der Waals surface area contributed by atoms with Gasteiger partial charge in [0, 0.05) is 23.9 Å². The summed E-state index contributed by atoms with van der Waals surface area (Å²) in [5.41, 5.74) is 16.1. The Balaban J connectivity index is 1.85. The average Bonchev–Trinajstić information content (AvgIpc) is 2.83. The van der Waals surface area contributed by atoms with E-state index in [9.17, 15) is 0 Å². The van der Waals surface area contributed by atoms with Gasteiger partial charge in [-0.25, -0.2) is 0 Å². The molecule has 4 aromatic rings. The quantitative estimate of drug-likeness (QED) is 0.337. The monoisotopic (exact) mass is 426 g/mol. The van der Waals surface area contributed by atoms with E-state index in [1.54, 1.807) is 14.2 Å². The summed E-state index contributed by atoms with van der Waals surface area (Å²) in [7, 11) is 3.26. The fourth-order valence-electron chi connectivity index (χ4n) is 3.77. The lowest BCUT2D eigenvalue weighted by atomic mass is 9.99. The number of benzene rings is 3. The van der Waals surface area contributed by atoms with E-state index in [0.717, 1.165) is 38.9 Å². The number of aliphatic imine (C=N–C) groups is 1. The zero-order valence-electron chi connectivity index (χ0n) is 18.2. The van der Waals surface area contributed by atoms with Gasteiger partial charge in [-0.3, -0.25) is 9.98 Å². The van der Waals surface area contributed by atoms with Crippen LogP contribution in [-0.4, -0.2) is 31.7 Å². The Labute approximate surface area is 187 Å². The summed E-state index contributed by atoms with van der Waals surface area (Å²) in [6.07, 6.45) is 0.593. The predicted molar refractivity (Wildman–Crippen MR) is 130 cm³/mol. The lowest BCUT2D eigenvalue weighted by molar-refractivity contribution is 0.356. The lowest BCUT2D eigenvalue weighted by Gasteiger charge is -2.14. The molecule has 0 radical (unpaired) electrons. The molecule has 0 fully saturated rings. The van der Waals surface area contributed by atoms with E-state index in [1.807, 2.05) is 30.3 Å². The summed E-state index contributed by atoms with van der Waals surface area (Å²) < 4.78 is 11.0. The van der Waals surface area contributed by atoms with Gasteiger partial charge in [-0.15, -0.1) is 0 Å². The maximum atomic E-state index is 5.52. The molecule has 0 saturated carbocycles. The third-order valence-electron chi connectivity index (χ3n) is 5.32. The van der Waals surface area contributed by atoms with Crippen LogP contribution in [0.15, 0.2) is 77.8 Å². The number of rotatable bonds is 7. The van der Waals surface area contributed by atoms with Gasteiger partial charge < -0.3 is 20.9 Å². The highest BCUT2D eigenvalue weighted by atomic mass is 16.5. The molecule has 4 rings (SSSR count). The Morgan fingerprint density at radius 2 is 1.50 bits per heavy atom. The van der Waals surface area contributed by atoms with E-state index >= 15 is 0 Å². The van der Waals surface area contributed by atoms with Crippen molar-refractivity contribution < 1.29 is 9.47 Å². The molecule has 0 spiro atoms. The van der Waals surface area contributed by atoms with Gasteiger partial charge in [0.25, 0.3) is 0 Å². The molecular weight excluding hydrogens is 400 g/mol. The van der Waals surface area contributed by atoms with Crippen LogP contribution in [0.3, 0.4) is 0 Å². The first-order valence-electron chi connectivity index (χ1n) is 10.4. The Kier molecular flexibility index (Phi) is 6.22. The molecule has 6 heteroatoms. The molecule has 4 N–H and O–H groups in total. The topological polar surface area (TPSA) is 95.8 Å².